The number of ether oxygens (including phenoxy) is 1. The highest BCUT2D eigenvalue weighted by Crippen LogP contribution is 2.68. The summed E-state index contributed by atoms with van der Waals surface area (Å²) >= 11 is 1.66. The number of nitrogens with zero attached hydrogens (tertiary/aromatic N) is 1. The van der Waals surface area contributed by atoms with Crippen LogP contribution < -0.4 is 5.73 Å². The largest absolute Gasteiger partial charge is 0.461 e. The van der Waals surface area contributed by atoms with E-state index in [1.165, 1.54) is 0 Å². The minimum atomic E-state index is -0.842. The second kappa shape index (κ2) is 11.5. The normalized spacial score (nSPS) is 42.2. The van der Waals surface area contributed by atoms with Gasteiger partial charge < -0.3 is 25.6 Å². The summed E-state index contributed by atoms with van der Waals surface area (Å²) in [5.41, 5.74) is 4.55. The number of aliphatic hydroxyl groups excluding tert-OH is 2. The molecular weight excluding hydrogens is 552 g/mol. The lowest BCUT2D eigenvalue weighted by Gasteiger charge is -2.61. The van der Waals surface area contributed by atoms with E-state index in [4.69, 9.17) is 10.5 Å². The number of Topliss-reactive ketones (excluding diaryl/α,β-unsaturated/α-hetero) is 1. The summed E-state index contributed by atoms with van der Waals surface area (Å²) in [7, 11) is 0. The Bertz CT molecular complexity index is 1080. The molecule has 0 radical (unpaired) electrons. The van der Waals surface area contributed by atoms with E-state index in [1.54, 1.807) is 16.7 Å². The average Bonchev–Trinajstić information content (AvgIpc) is 3.32. The Labute approximate surface area is 255 Å². The maximum atomic E-state index is 13.6. The van der Waals surface area contributed by atoms with Crippen molar-refractivity contribution >= 4 is 29.4 Å². The molecule has 1 heterocycles. The zero-order chi connectivity index (χ0) is 30.7. The summed E-state index contributed by atoms with van der Waals surface area (Å²) in [6, 6.07) is -0.842. The van der Waals surface area contributed by atoms with Gasteiger partial charge in [-0.2, -0.15) is 0 Å². The predicted molar refractivity (Wildman–Crippen MR) is 163 cm³/mol. The van der Waals surface area contributed by atoms with Crippen LogP contribution >= 0.6 is 11.8 Å². The number of rotatable bonds is 7. The highest BCUT2D eigenvalue weighted by Gasteiger charge is 2.68. The molecular formula is C33H52N2O6S. The zero-order valence-electron chi connectivity index (χ0n) is 26.0. The van der Waals surface area contributed by atoms with Gasteiger partial charge in [-0.3, -0.25) is 14.4 Å². The minimum Gasteiger partial charge on any atom is -0.461 e. The highest BCUT2D eigenvalue weighted by atomic mass is 32.2. The molecule has 0 aromatic heterocycles. The number of piperidine rings is 1. The van der Waals surface area contributed by atoms with E-state index in [0.717, 1.165) is 44.9 Å². The smallest absolute Gasteiger partial charge is 0.316 e. The summed E-state index contributed by atoms with van der Waals surface area (Å²) < 4.78 is 6.40. The second-order valence-corrected chi connectivity index (χ2v) is 16.3. The molecule has 5 fully saturated rings. The van der Waals surface area contributed by atoms with Gasteiger partial charge in [-0.1, -0.05) is 33.8 Å². The van der Waals surface area contributed by atoms with E-state index < -0.39 is 29.1 Å². The molecule has 4 N–H and O–H groups in total. The molecule has 2 unspecified atom stereocenters. The van der Waals surface area contributed by atoms with Crippen molar-refractivity contribution in [1.29, 1.82) is 0 Å². The SMILES string of the molecule is C=C[C@]1(C)C[C@@H](OC(=O)CSC2CC3(CCN(C(=O)[C@H](N)CO)CC3)C2)[C@]2(C)C(C)CC[C@]3(CCC(=O)C32)[C@@H](C)[C@@H]1O. The lowest BCUT2D eigenvalue weighted by Crippen LogP contribution is -2.63. The lowest BCUT2D eigenvalue weighted by atomic mass is 9.44. The Hall–Kier alpha value is -1.42. The topological polar surface area (TPSA) is 130 Å². The number of carbonyl (C=O) groups is 3. The molecule has 236 valence electrons. The van der Waals surface area contributed by atoms with Crippen LogP contribution in [0.2, 0.25) is 0 Å². The number of hydrogen-bond acceptors (Lipinski definition) is 8. The summed E-state index contributed by atoms with van der Waals surface area (Å²) in [4.78, 5) is 41.1. The van der Waals surface area contributed by atoms with Crippen LogP contribution in [0.25, 0.3) is 0 Å². The van der Waals surface area contributed by atoms with Crippen LogP contribution in [0.4, 0.5) is 0 Å². The van der Waals surface area contributed by atoms with Gasteiger partial charge in [0.2, 0.25) is 5.91 Å². The molecule has 1 saturated heterocycles. The van der Waals surface area contributed by atoms with E-state index in [-0.39, 0.29) is 58.6 Å². The molecule has 4 saturated carbocycles. The Morgan fingerprint density at radius 2 is 1.83 bits per heavy atom. The average molecular weight is 605 g/mol. The van der Waals surface area contributed by atoms with Gasteiger partial charge >= 0.3 is 5.97 Å². The molecule has 0 aromatic carbocycles. The number of thioether (sulfide) groups is 1. The summed E-state index contributed by atoms with van der Waals surface area (Å²) in [6.45, 7) is 13.6. The lowest BCUT2D eigenvalue weighted by molar-refractivity contribution is -0.205. The van der Waals surface area contributed by atoms with Gasteiger partial charge in [-0.15, -0.1) is 18.3 Å². The van der Waals surface area contributed by atoms with Crippen LogP contribution in [-0.4, -0.2) is 81.7 Å². The van der Waals surface area contributed by atoms with Crippen LogP contribution in [-0.2, 0) is 19.1 Å². The molecule has 0 aromatic rings. The van der Waals surface area contributed by atoms with Crippen molar-refractivity contribution in [2.24, 2.45) is 45.1 Å². The first-order valence-electron chi connectivity index (χ1n) is 16.1. The van der Waals surface area contributed by atoms with E-state index in [1.807, 2.05) is 13.0 Å². The number of carbonyl (C=O) groups excluding carboxylic acids is 3. The van der Waals surface area contributed by atoms with E-state index >= 15 is 0 Å². The number of nitrogens with two attached hydrogens (primary N) is 1. The van der Waals surface area contributed by atoms with Crippen molar-refractivity contribution in [2.45, 2.75) is 109 Å². The minimum absolute atomic E-state index is 0.0432. The van der Waals surface area contributed by atoms with E-state index in [0.29, 0.717) is 31.2 Å². The number of esters is 1. The van der Waals surface area contributed by atoms with Gasteiger partial charge in [0.1, 0.15) is 17.9 Å². The van der Waals surface area contributed by atoms with Gasteiger partial charge in [0.15, 0.2) is 0 Å². The molecule has 1 amide bonds. The Balaban J connectivity index is 1.24. The van der Waals surface area contributed by atoms with Crippen molar-refractivity contribution < 1.29 is 29.3 Å². The fraction of sp³-hybridized carbons (Fsp3) is 0.848. The van der Waals surface area contributed by atoms with Crippen LogP contribution in [0, 0.1) is 39.4 Å². The Kier molecular flexibility index (Phi) is 8.76. The van der Waals surface area contributed by atoms with Gasteiger partial charge in [0.25, 0.3) is 0 Å². The molecule has 42 heavy (non-hydrogen) atoms. The van der Waals surface area contributed by atoms with Crippen LogP contribution in [0.15, 0.2) is 12.7 Å². The zero-order valence-corrected chi connectivity index (χ0v) is 26.8. The second-order valence-electron chi connectivity index (χ2n) is 15.0. The van der Waals surface area contributed by atoms with Crippen molar-refractivity contribution in [3.05, 3.63) is 12.7 Å². The van der Waals surface area contributed by atoms with Crippen LogP contribution in [0.5, 0.6) is 0 Å². The summed E-state index contributed by atoms with van der Waals surface area (Å²) in [5, 5.41) is 21.3. The quantitative estimate of drug-likeness (QED) is 0.296. The van der Waals surface area contributed by atoms with Gasteiger partial charge in [0.05, 0.1) is 18.5 Å². The van der Waals surface area contributed by atoms with Gasteiger partial charge in [-0.25, -0.2) is 0 Å². The van der Waals surface area contributed by atoms with Crippen molar-refractivity contribution in [2.75, 3.05) is 25.4 Å². The monoisotopic (exact) mass is 604 g/mol. The standard InChI is InChI=1S/C33H52N2O6S/c1-6-30(4)17-25(31(5)20(2)7-9-33(21(3)28(30)39)10-8-24(37)27(31)33)41-26(38)19-42-22-15-32(16-22)11-13-35(14-12-32)29(40)23(34)18-36/h6,20-23,25,27-28,36,39H,1,7-19,34H2,2-5H3/t20?,21-,23+,25+,27?,28-,30+,31-,33-/m0/s1. The third-order valence-electron chi connectivity index (χ3n) is 13.0. The molecule has 4 aliphatic carbocycles. The first kappa shape index (κ1) is 32.0. The molecule has 5 rings (SSSR count). The molecule has 2 bridgehead atoms. The number of aliphatic hydroxyl groups is 2. The molecule has 8 nitrogen and oxygen atoms in total. The maximum absolute atomic E-state index is 13.6. The third-order valence-corrected chi connectivity index (χ3v) is 14.2. The van der Waals surface area contributed by atoms with E-state index in [9.17, 15) is 24.6 Å². The number of amides is 1. The highest BCUT2D eigenvalue weighted by molar-refractivity contribution is 8.00. The van der Waals surface area contributed by atoms with Crippen LogP contribution in [0.1, 0.15) is 85.5 Å². The predicted octanol–water partition coefficient (Wildman–Crippen LogP) is 3.72. The Morgan fingerprint density at radius 3 is 2.45 bits per heavy atom. The van der Waals surface area contributed by atoms with Gasteiger partial charge in [-0.05, 0) is 74.0 Å². The number of ketones is 1. The molecule has 9 atom stereocenters. The first-order valence-corrected chi connectivity index (χ1v) is 17.1. The third kappa shape index (κ3) is 5.08. The van der Waals surface area contributed by atoms with Crippen molar-refractivity contribution in [3.8, 4) is 0 Å². The Morgan fingerprint density at radius 1 is 1.17 bits per heavy atom. The fourth-order valence-corrected chi connectivity index (χ4v) is 11.2. The maximum Gasteiger partial charge on any atom is 0.316 e. The first-order chi connectivity index (χ1) is 19.7. The fourth-order valence-electron chi connectivity index (χ4n) is 9.83. The van der Waals surface area contributed by atoms with Crippen LogP contribution in [0.3, 0.4) is 0 Å². The van der Waals surface area contributed by atoms with E-state index in [2.05, 4.69) is 27.4 Å². The number of likely N-dealkylation sites (tertiary alicyclic amines) is 1. The van der Waals surface area contributed by atoms with Crippen molar-refractivity contribution in [3.63, 3.8) is 0 Å². The summed E-state index contributed by atoms with van der Waals surface area (Å²) in [5.74, 6) is 0.0798. The molecule has 5 aliphatic rings. The van der Waals surface area contributed by atoms with Gasteiger partial charge in [0, 0.05) is 41.5 Å². The van der Waals surface area contributed by atoms with Crippen molar-refractivity contribution in [1.82, 2.24) is 4.90 Å². The molecule has 9 heteroatoms. The summed E-state index contributed by atoms with van der Waals surface area (Å²) in [6.07, 6.45) is 8.27. The molecule has 1 spiro atoms. The number of hydrogen-bond donors (Lipinski definition) is 3. The molecule has 1 aliphatic heterocycles.